The number of hydrogen-bond acceptors (Lipinski definition) is 4. The fourth-order valence-corrected chi connectivity index (χ4v) is 2.29. The van der Waals surface area contributed by atoms with Gasteiger partial charge in [-0.2, -0.15) is 0 Å². The molecular formula is C8H9BrN2O3S. The van der Waals surface area contributed by atoms with E-state index in [0.29, 0.717) is 5.00 Å². The number of nitrogens with two attached hydrogens (primary N) is 1. The zero-order valence-corrected chi connectivity index (χ0v) is 10.2. The van der Waals surface area contributed by atoms with Crippen LogP contribution in [0.5, 0.6) is 0 Å². The van der Waals surface area contributed by atoms with Crippen molar-refractivity contribution in [2.45, 2.75) is 6.04 Å². The molecule has 3 N–H and O–H groups in total. The van der Waals surface area contributed by atoms with E-state index in [9.17, 15) is 9.59 Å². The summed E-state index contributed by atoms with van der Waals surface area (Å²) < 4.78 is 0.839. The molecule has 1 amide bonds. The van der Waals surface area contributed by atoms with Crippen LogP contribution in [0.2, 0.25) is 0 Å². The highest BCUT2D eigenvalue weighted by Crippen LogP contribution is 2.27. The number of carbonyl (C=O) groups is 2. The van der Waals surface area contributed by atoms with Crippen LogP contribution in [-0.4, -0.2) is 30.1 Å². The summed E-state index contributed by atoms with van der Waals surface area (Å²) in [5.74, 6) is -1.97. The molecule has 0 saturated carbocycles. The number of anilines is 1. The van der Waals surface area contributed by atoms with Crippen molar-refractivity contribution in [1.29, 1.82) is 0 Å². The van der Waals surface area contributed by atoms with Crippen LogP contribution in [0.1, 0.15) is 0 Å². The van der Waals surface area contributed by atoms with Crippen molar-refractivity contribution in [3.8, 4) is 0 Å². The number of aliphatic carboxylic acids is 1. The summed E-state index contributed by atoms with van der Waals surface area (Å²) in [6.07, 6.45) is 0. The molecule has 0 spiro atoms. The summed E-state index contributed by atoms with van der Waals surface area (Å²) in [7, 11) is 1.49. The van der Waals surface area contributed by atoms with E-state index in [-0.39, 0.29) is 0 Å². The van der Waals surface area contributed by atoms with Gasteiger partial charge in [-0.05, 0) is 22.0 Å². The average Bonchev–Trinajstić information content (AvgIpc) is 2.61. The molecule has 0 aliphatic rings. The fourth-order valence-electron chi connectivity index (χ4n) is 0.901. The van der Waals surface area contributed by atoms with Gasteiger partial charge in [0.2, 0.25) is 0 Å². The number of halogens is 1. The first-order valence-corrected chi connectivity index (χ1v) is 5.60. The molecule has 0 bridgehead atoms. The van der Waals surface area contributed by atoms with Crippen LogP contribution in [0.4, 0.5) is 5.00 Å². The molecule has 0 saturated heterocycles. The smallest absolute Gasteiger partial charge is 0.330 e. The molecule has 0 aliphatic heterocycles. The second-order valence-electron chi connectivity index (χ2n) is 2.82. The molecule has 0 radical (unpaired) electrons. The topological polar surface area (TPSA) is 83.6 Å². The van der Waals surface area contributed by atoms with E-state index in [2.05, 4.69) is 15.9 Å². The third-order valence-corrected chi connectivity index (χ3v) is 3.51. The van der Waals surface area contributed by atoms with Gasteiger partial charge in [0, 0.05) is 16.9 Å². The van der Waals surface area contributed by atoms with E-state index in [1.54, 1.807) is 11.4 Å². The Morgan fingerprint density at radius 2 is 2.27 bits per heavy atom. The Labute approximate surface area is 98.6 Å². The van der Waals surface area contributed by atoms with E-state index in [4.69, 9.17) is 10.8 Å². The molecule has 7 heteroatoms. The monoisotopic (exact) mass is 292 g/mol. The summed E-state index contributed by atoms with van der Waals surface area (Å²) in [6.45, 7) is 0. The Hall–Kier alpha value is -0.920. The van der Waals surface area contributed by atoms with Gasteiger partial charge in [-0.1, -0.05) is 0 Å². The Morgan fingerprint density at radius 3 is 2.67 bits per heavy atom. The van der Waals surface area contributed by atoms with E-state index in [0.717, 1.165) is 4.47 Å². The first kappa shape index (κ1) is 12.2. The maximum Gasteiger partial charge on any atom is 0.330 e. The SMILES string of the molecule is CN(C(=O)C(N)C(=O)O)c1cc(Br)cs1. The number of rotatable bonds is 3. The molecule has 1 aromatic rings. The summed E-state index contributed by atoms with van der Waals surface area (Å²) in [4.78, 5) is 23.2. The van der Waals surface area contributed by atoms with Crippen LogP contribution in [0.25, 0.3) is 0 Å². The first-order chi connectivity index (χ1) is 6.93. The molecule has 1 aromatic heterocycles. The standard InChI is InChI=1S/C8H9BrN2O3S/c1-11(5-2-4(9)3-15-5)7(12)6(10)8(13)14/h2-3,6H,10H2,1H3,(H,13,14). The maximum atomic E-state index is 11.5. The molecule has 15 heavy (non-hydrogen) atoms. The molecule has 1 unspecified atom stereocenters. The van der Waals surface area contributed by atoms with Crippen molar-refractivity contribution >= 4 is 44.1 Å². The van der Waals surface area contributed by atoms with Crippen molar-refractivity contribution in [2.24, 2.45) is 5.73 Å². The predicted molar refractivity (Wildman–Crippen MR) is 61.0 cm³/mol. The van der Waals surface area contributed by atoms with E-state index < -0.39 is 17.9 Å². The number of amides is 1. The van der Waals surface area contributed by atoms with Crippen molar-refractivity contribution < 1.29 is 14.7 Å². The minimum Gasteiger partial charge on any atom is -0.480 e. The number of carbonyl (C=O) groups excluding carboxylic acids is 1. The molecule has 1 heterocycles. The summed E-state index contributed by atoms with van der Waals surface area (Å²) in [5, 5.41) is 11.0. The Balaban J connectivity index is 2.81. The van der Waals surface area contributed by atoms with Crippen molar-refractivity contribution in [1.82, 2.24) is 0 Å². The van der Waals surface area contributed by atoms with Crippen LogP contribution in [0.3, 0.4) is 0 Å². The minimum absolute atomic E-state index is 0.642. The Kier molecular flexibility index (Phi) is 3.83. The Bertz CT molecular complexity index is 393. The summed E-state index contributed by atoms with van der Waals surface area (Å²) in [6, 6.07) is 0.202. The van der Waals surface area contributed by atoms with E-state index in [1.807, 2.05) is 0 Å². The van der Waals surface area contributed by atoms with Crippen LogP contribution >= 0.6 is 27.3 Å². The highest BCUT2D eigenvalue weighted by Gasteiger charge is 2.25. The number of likely N-dealkylation sites (N-methyl/N-ethyl adjacent to an activating group) is 1. The van der Waals surface area contributed by atoms with Crippen molar-refractivity contribution in [3.05, 3.63) is 15.9 Å². The highest BCUT2D eigenvalue weighted by atomic mass is 79.9. The quantitative estimate of drug-likeness (QED) is 0.811. The molecule has 0 aliphatic carbocycles. The molecule has 0 aromatic carbocycles. The largest absolute Gasteiger partial charge is 0.480 e. The van der Waals surface area contributed by atoms with Gasteiger partial charge in [0.25, 0.3) is 5.91 Å². The highest BCUT2D eigenvalue weighted by molar-refractivity contribution is 9.10. The lowest BCUT2D eigenvalue weighted by Gasteiger charge is -2.16. The lowest BCUT2D eigenvalue weighted by Crippen LogP contribution is -2.46. The number of thiophene rings is 1. The van der Waals surface area contributed by atoms with Crippen LogP contribution in [-0.2, 0) is 9.59 Å². The van der Waals surface area contributed by atoms with Crippen LogP contribution in [0, 0.1) is 0 Å². The normalized spacial score (nSPS) is 12.2. The van der Waals surface area contributed by atoms with Crippen LogP contribution < -0.4 is 10.6 Å². The van der Waals surface area contributed by atoms with Gasteiger partial charge in [0.05, 0.1) is 5.00 Å². The van der Waals surface area contributed by atoms with Crippen molar-refractivity contribution in [2.75, 3.05) is 11.9 Å². The number of carboxylic acids is 1. The first-order valence-electron chi connectivity index (χ1n) is 3.93. The van der Waals surface area contributed by atoms with Gasteiger partial charge in [0.15, 0.2) is 6.04 Å². The minimum atomic E-state index is -1.52. The molecule has 0 fully saturated rings. The molecule has 5 nitrogen and oxygen atoms in total. The van der Waals surface area contributed by atoms with E-state index >= 15 is 0 Å². The Morgan fingerprint density at radius 1 is 1.67 bits per heavy atom. The number of nitrogens with zero attached hydrogens (tertiary/aromatic N) is 1. The zero-order valence-electron chi connectivity index (χ0n) is 7.81. The lowest BCUT2D eigenvalue weighted by molar-refractivity contribution is -0.142. The van der Waals surface area contributed by atoms with Crippen molar-refractivity contribution in [3.63, 3.8) is 0 Å². The summed E-state index contributed by atoms with van der Waals surface area (Å²) >= 11 is 4.57. The van der Waals surface area contributed by atoms with Gasteiger partial charge in [0.1, 0.15) is 0 Å². The second kappa shape index (κ2) is 4.73. The fraction of sp³-hybridized carbons (Fsp3) is 0.250. The van der Waals surface area contributed by atoms with Gasteiger partial charge >= 0.3 is 5.97 Å². The second-order valence-corrected chi connectivity index (χ2v) is 4.62. The van der Waals surface area contributed by atoms with Gasteiger partial charge < -0.3 is 15.7 Å². The van der Waals surface area contributed by atoms with Crippen LogP contribution in [0.15, 0.2) is 15.9 Å². The third-order valence-electron chi connectivity index (χ3n) is 1.75. The predicted octanol–water partition coefficient (Wildman–Crippen LogP) is 0.885. The molecule has 1 atom stereocenters. The zero-order chi connectivity index (χ0) is 11.6. The number of carboxylic acid groups (broad SMARTS) is 1. The van der Waals surface area contributed by atoms with E-state index in [1.165, 1.54) is 23.3 Å². The van der Waals surface area contributed by atoms with Gasteiger partial charge in [-0.3, -0.25) is 4.79 Å². The third kappa shape index (κ3) is 2.77. The summed E-state index contributed by atoms with van der Waals surface area (Å²) in [5.41, 5.74) is 5.21. The lowest BCUT2D eigenvalue weighted by atomic mass is 10.3. The number of hydrogen-bond donors (Lipinski definition) is 2. The average molecular weight is 293 g/mol. The molecule has 1 rings (SSSR count). The maximum absolute atomic E-state index is 11.5. The van der Waals surface area contributed by atoms with Gasteiger partial charge in [-0.15, -0.1) is 11.3 Å². The molecular weight excluding hydrogens is 284 g/mol. The molecule has 82 valence electrons. The van der Waals surface area contributed by atoms with Gasteiger partial charge in [-0.25, -0.2) is 4.79 Å².